The van der Waals surface area contributed by atoms with Crippen LogP contribution in [0.2, 0.25) is 0 Å². The molecular formula is C10H13N3O2. The molecule has 0 aliphatic carbocycles. The Hall–Kier alpha value is -1.90. The number of benzene rings is 1. The highest BCUT2D eigenvalue weighted by atomic mass is 16.4. The Balaban J connectivity index is 0.00000196. The Morgan fingerprint density at radius 1 is 1.60 bits per heavy atom. The Labute approximate surface area is 87.7 Å². The molecule has 80 valence electrons. The number of rotatable bonds is 3. The highest BCUT2D eigenvalue weighted by Crippen LogP contribution is 2.06. The standard InChI is InChI=1S/C10H10N2O2.H3N/c11-6-8-3-1-2-7(4-8)5-9(12)10(13)14;/h1-4,9H,5,12H2,(H,13,14);1H3/t9-;/m0./s1. The third-order valence-electron chi connectivity index (χ3n) is 1.83. The maximum atomic E-state index is 10.5. The van der Waals surface area contributed by atoms with Gasteiger partial charge in [-0.2, -0.15) is 5.26 Å². The van der Waals surface area contributed by atoms with Gasteiger partial charge in [-0.1, -0.05) is 12.1 Å². The van der Waals surface area contributed by atoms with E-state index < -0.39 is 12.0 Å². The normalized spacial score (nSPS) is 10.9. The van der Waals surface area contributed by atoms with Crippen molar-refractivity contribution in [3.8, 4) is 6.07 Å². The SMILES string of the molecule is N.N#Cc1cccc(C[C@H](N)C(=O)O)c1. The summed E-state index contributed by atoms with van der Waals surface area (Å²) in [7, 11) is 0. The van der Waals surface area contributed by atoms with Gasteiger partial charge < -0.3 is 17.0 Å². The van der Waals surface area contributed by atoms with Crippen molar-refractivity contribution in [1.29, 1.82) is 5.26 Å². The molecule has 0 heterocycles. The van der Waals surface area contributed by atoms with E-state index in [2.05, 4.69) is 0 Å². The van der Waals surface area contributed by atoms with Gasteiger partial charge in [-0.3, -0.25) is 4.79 Å². The van der Waals surface area contributed by atoms with Crippen molar-refractivity contribution in [2.24, 2.45) is 5.73 Å². The first-order chi connectivity index (χ1) is 6.63. The molecule has 1 rings (SSSR count). The minimum atomic E-state index is -1.03. The molecule has 0 saturated carbocycles. The number of hydrogen-bond donors (Lipinski definition) is 3. The van der Waals surface area contributed by atoms with Crippen molar-refractivity contribution in [3.63, 3.8) is 0 Å². The lowest BCUT2D eigenvalue weighted by molar-refractivity contribution is -0.138. The van der Waals surface area contributed by atoms with Gasteiger partial charge >= 0.3 is 5.97 Å². The average Bonchev–Trinajstić information content (AvgIpc) is 2.18. The number of aliphatic carboxylic acids is 1. The average molecular weight is 207 g/mol. The molecule has 0 bridgehead atoms. The topological polar surface area (TPSA) is 122 Å². The number of carboxylic acids is 1. The zero-order valence-corrected chi connectivity index (χ0v) is 8.18. The van der Waals surface area contributed by atoms with Gasteiger partial charge in [-0.05, 0) is 24.1 Å². The zero-order valence-electron chi connectivity index (χ0n) is 8.18. The summed E-state index contributed by atoms with van der Waals surface area (Å²) >= 11 is 0. The molecule has 0 radical (unpaired) electrons. The maximum absolute atomic E-state index is 10.5. The monoisotopic (exact) mass is 207 g/mol. The molecule has 6 N–H and O–H groups in total. The zero-order chi connectivity index (χ0) is 10.6. The lowest BCUT2D eigenvalue weighted by Gasteiger charge is -2.05. The minimum absolute atomic E-state index is 0. The van der Waals surface area contributed by atoms with Crippen molar-refractivity contribution in [3.05, 3.63) is 35.4 Å². The Morgan fingerprint density at radius 2 is 2.27 bits per heavy atom. The van der Waals surface area contributed by atoms with Gasteiger partial charge in [0.05, 0.1) is 11.6 Å². The van der Waals surface area contributed by atoms with Gasteiger partial charge in [0, 0.05) is 0 Å². The van der Waals surface area contributed by atoms with E-state index in [1.807, 2.05) is 6.07 Å². The number of carboxylic acid groups (broad SMARTS) is 1. The lowest BCUT2D eigenvalue weighted by Crippen LogP contribution is -2.32. The summed E-state index contributed by atoms with van der Waals surface area (Å²) < 4.78 is 0. The first-order valence-corrected chi connectivity index (χ1v) is 4.11. The molecule has 5 nitrogen and oxygen atoms in total. The Morgan fingerprint density at radius 3 is 2.80 bits per heavy atom. The first-order valence-electron chi connectivity index (χ1n) is 4.11. The second-order valence-corrected chi connectivity index (χ2v) is 2.96. The Bertz CT molecular complexity index is 384. The molecule has 15 heavy (non-hydrogen) atoms. The number of carbonyl (C=O) groups is 1. The highest BCUT2D eigenvalue weighted by molar-refractivity contribution is 5.73. The van der Waals surface area contributed by atoms with E-state index in [9.17, 15) is 4.79 Å². The van der Waals surface area contributed by atoms with Gasteiger partial charge in [-0.25, -0.2) is 0 Å². The van der Waals surface area contributed by atoms with Crippen molar-refractivity contribution in [1.82, 2.24) is 6.15 Å². The quantitative estimate of drug-likeness (QED) is 0.672. The fourth-order valence-corrected chi connectivity index (χ4v) is 1.11. The number of nitriles is 1. The molecule has 0 saturated heterocycles. The van der Waals surface area contributed by atoms with Crippen LogP contribution >= 0.6 is 0 Å². The van der Waals surface area contributed by atoms with E-state index in [0.717, 1.165) is 5.56 Å². The van der Waals surface area contributed by atoms with Crippen molar-refractivity contribution < 1.29 is 9.90 Å². The van der Waals surface area contributed by atoms with E-state index in [1.165, 1.54) is 0 Å². The van der Waals surface area contributed by atoms with Crippen molar-refractivity contribution in [2.45, 2.75) is 12.5 Å². The summed E-state index contributed by atoms with van der Waals surface area (Å²) in [6, 6.07) is 7.84. The van der Waals surface area contributed by atoms with Gasteiger partial charge in [-0.15, -0.1) is 0 Å². The van der Waals surface area contributed by atoms with Gasteiger partial charge in [0.1, 0.15) is 6.04 Å². The lowest BCUT2D eigenvalue weighted by atomic mass is 10.0. The van der Waals surface area contributed by atoms with Crippen LogP contribution in [0.15, 0.2) is 24.3 Å². The molecule has 0 fully saturated rings. The molecule has 0 aliphatic heterocycles. The third-order valence-corrected chi connectivity index (χ3v) is 1.83. The summed E-state index contributed by atoms with van der Waals surface area (Å²) in [6.45, 7) is 0. The molecule has 1 atom stereocenters. The summed E-state index contributed by atoms with van der Waals surface area (Å²) in [5.41, 5.74) is 6.63. The molecule has 1 aromatic rings. The predicted octanol–water partition coefficient (Wildman–Crippen LogP) is 0.675. The van der Waals surface area contributed by atoms with E-state index >= 15 is 0 Å². The van der Waals surface area contributed by atoms with Gasteiger partial charge in [0.25, 0.3) is 0 Å². The van der Waals surface area contributed by atoms with Crippen LogP contribution in [0.25, 0.3) is 0 Å². The summed E-state index contributed by atoms with van der Waals surface area (Å²) in [4.78, 5) is 10.5. The predicted molar refractivity (Wildman–Crippen MR) is 55.5 cm³/mol. The van der Waals surface area contributed by atoms with Gasteiger partial charge in [0.15, 0.2) is 0 Å². The molecule has 0 amide bonds. The molecule has 0 aromatic heterocycles. The largest absolute Gasteiger partial charge is 0.480 e. The Kier molecular flexibility index (Phi) is 5.02. The first kappa shape index (κ1) is 13.1. The van der Waals surface area contributed by atoms with Crippen LogP contribution in [0.4, 0.5) is 0 Å². The van der Waals surface area contributed by atoms with E-state index in [1.54, 1.807) is 24.3 Å². The van der Waals surface area contributed by atoms with E-state index in [0.29, 0.717) is 5.56 Å². The van der Waals surface area contributed by atoms with Crippen LogP contribution in [0.1, 0.15) is 11.1 Å². The molecular weight excluding hydrogens is 194 g/mol. The van der Waals surface area contributed by atoms with Crippen molar-refractivity contribution in [2.75, 3.05) is 0 Å². The number of hydrogen-bond acceptors (Lipinski definition) is 4. The number of nitrogens with zero attached hydrogens (tertiary/aromatic N) is 1. The second kappa shape index (κ2) is 5.75. The van der Waals surface area contributed by atoms with Crippen LogP contribution in [-0.2, 0) is 11.2 Å². The third kappa shape index (κ3) is 3.77. The molecule has 5 heteroatoms. The molecule has 0 aliphatic rings. The van der Waals surface area contributed by atoms with Gasteiger partial charge in [0.2, 0.25) is 0 Å². The van der Waals surface area contributed by atoms with E-state index in [-0.39, 0.29) is 12.6 Å². The molecule has 1 aromatic carbocycles. The van der Waals surface area contributed by atoms with Crippen LogP contribution in [-0.4, -0.2) is 17.1 Å². The minimum Gasteiger partial charge on any atom is -0.480 e. The number of nitrogens with two attached hydrogens (primary N) is 1. The maximum Gasteiger partial charge on any atom is 0.320 e. The van der Waals surface area contributed by atoms with Crippen LogP contribution < -0.4 is 11.9 Å². The van der Waals surface area contributed by atoms with E-state index in [4.69, 9.17) is 16.1 Å². The second-order valence-electron chi connectivity index (χ2n) is 2.96. The fraction of sp³-hybridized carbons (Fsp3) is 0.200. The van der Waals surface area contributed by atoms with Crippen LogP contribution in [0, 0.1) is 11.3 Å². The summed E-state index contributed by atoms with van der Waals surface area (Å²) in [5.74, 6) is -1.03. The molecule has 0 unspecified atom stereocenters. The summed E-state index contributed by atoms with van der Waals surface area (Å²) in [6.07, 6.45) is 0.241. The van der Waals surface area contributed by atoms with Crippen LogP contribution in [0.3, 0.4) is 0 Å². The fourth-order valence-electron chi connectivity index (χ4n) is 1.11. The highest BCUT2D eigenvalue weighted by Gasteiger charge is 2.11. The van der Waals surface area contributed by atoms with Crippen LogP contribution in [0.5, 0.6) is 0 Å². The smallest absolute Gasteiger partial charge is 0.320 e. The summed E-state index contributed by atoms with van der Waals surface area (Å²) in [5, 5.41) is 17.2. The molecule has 0 spiro atoms. The van der Waals surface area contributed by atoms with Crippen molar-refractivity contribution >= 4 is 5.97 Å².